The van der Waals surface area contributed by atoms with Crippen molar-refractivity contribution in [3.8, 4) is 0 Å². The van der Waals surface area contributed by atoms with E-state index in [2.05, 4.69) is 5.32 Å². The van der Waals surface area contributed by atoms with Crippen molar-refractivity contribution in [2.45, 2.75) is 18.9 Å². The molecular formula is C8H17N2NaO7S. The predicted octanol–water partition coefficient (Wildman–Crippen LogP) is -5.97. The van der Waals surface area contributed by atoms with E-state index in [1.54, 1.807) is 7.05 Å². The van der Waals surface area contributed by atoms with E-state index in [1.165, 1.54) is 0 Å². The SMILES string of the molecule is CNCCS(=O)(=O)O.N[C@@H](CCC(=O)O)C(=O)[O-].[Na+]. The zero-order valence-corrected chi connectivity index (χ0v) is 13.6. The summed E-state index contributed by atoms with van der Waals surface area (Å²) in [6.45, 7) is 0.291. The summed E-state index contributed by atoms with van der Waals surface area (Å²) in [5, 5.41) is 20.5. The van der Waals surface area contributed by atoms with Gasteiger partial charge in [0.1, 0.15) is 0 Å². The topological polar surface area (TPSA) is 170 Å². The Labute approximate surface area is 133 Å². The largest absolute Gasteiger partial charge is 1.00 e. The number of rotatable bonds is 7. The quantitative estimate of drug-likeness (QED) is 0.264. The summed E-state index contributed by atoms with van der Waals surface area (Å²) in [5.74, 6) is -2.69. The van der Waals surface area contributed by atoms with Crippen molar-refractivity contribution in [1.82, 2.24) is 5.32 Å². The van der Waals surface area contributed by atoms with Crippen LogP contribution in [0.4, 0.5) is 0 Å². The second-order valence-corrected chi connectivity index (χ2v) is 4.82. The maximum Gasteiger partial charge on any atom is 1.00 e. The third-order valence-corrected chi connectivity index (χ3v) is 2.30. The maximum absolute atomic E-state index is 9.91. The van der Waals surface area contributed by atoms with Gasteiger partial charge in [-0.15, -0.1) is 0 Å². The maximum atomic E-state index is 9.91. The van der Waals surface area contributed by atoms with E-state index in [1.807, 2.05) is 0 Å². The van der Waals surface area contributed by atoms with Gasteiger partial charge in [-0.3, -0.25) is 9.35 Å². The molecule has 0 radical (unpaired) electrons. The van der Waals surface area contributed by atoms with Crippen molar-refractivity contribution in [3.05, 3.63) is 0 Å². The van der Waals surface area contributed by atoms with Crippen LogP contribution in [0.25, 0.3) is 0 Å². The normalized spacial score (nSPS) is 11.5. The van der Waals surface area contributed by atoms with Crippen LogP contribution in [0, 0.1) is 0 Å². The van der Waals surface area contributed by atoms with E-state index in [9.17, 15) is 23.1 Å². The minimum atomic E-state index is -3.75. The predicted molar refractivity (Wildman–Crippen MR) is 60.2 cm³/mol. The van der Waals surface area contributed by atoms with Gasteiger partial charge in [0.25, 0.3) is 10.1 Å². The minimum Gasteiger partial charge on any atom is -0.548 e. The van der Waals surface area contributed by atoms with Gasteiger partial charge in [0.05, 0.1) is 11.7 Å². The van der Waals surface area contributed by atoms with Gasteiger partial charge in [-0.2, -0.15) is 8.42 Å². The molecule has 0 aliphatic rings. The number of nitrogens with two attached hydrogens (primary N) is 1. The first kappa shape index (κ1) is 23.8. The third kappa shape index (κ3) is 23.3. The number of carbonyl (C=O) groups is 2. The van der Waals surface area contributed by atoms with Crippen LogP contribution in [0.5, 0.6) is 0 Å². The molecule has 11 heteroatoms. The van der Waals surface area contributed by atoms with E-state index in [4.69, 9.17) is 15.4 Å². The number of nitrogens with one attached hydrogen (secondary N) is 1. The second-order valence-electron chi connectivity index (χ2n) is 3.25. The van der Waals surface area contributed by atoms with Crippen LogP contribution in [0.2, 0.25) is 0 Å². The van der Waals surface area contributed by atoms with Crippen LogP contribution in [0.15, 0.2) is 0 Å². The molecule has 5 N–H and O–H groups in total. The number of carbonyl (C=O) groups excluding carboxylic acids is 1. The first-order valence-electron chi connectivity index (χ1n) is 4.88. The molecule has 0 bridgehead atoms. The molecule has 0 heterocycles. The molecule has 0 aromatic rings. The Morgan fingerprint density at radius 3 is 2.11 bits per heavy atom. The molecule has 0 aromatic heterocycles. The van der Waals surface area contributed by atoms with E-state index in [0.717, 1.165) is 0 Å². The fourth-order valence-corrected chi connectivity index (χ4v) is 1.09. The summed E-state index contributed by atoms with van der Waals surface area (Å²) in [7, 11) is -2.13. The van der Waals surface area contributed by atoms with Crippen LogP contribution < -0.4 is 45.7 Å². The molecule has 0 fully saturated rings. The molecule has 0 saturated heterocycles. The molecule has 9 nitrogen and oxygen atoms in total. The first-order valence-corrected chi connectivity index (χ1v) is 6.49. The van der Waals surface area contributed by atoms with Crippen molar-refractivity contribution < 1.29 is 62.3 Å². The summed E-state index contributed by atoms with van der Waals surface area (Å²) in [4.78, 5) is 19.7. The van der Waals surface area contributed by atoms with E-state index < -0.39 is 28.1 Å². The molecule has 0 saturated carbocycles. The Morgan fingerprint density at radius 1 is 1.42 bits per heavy atom. The van der Waals surface area contributed by atoms with Crippen molar-refractivity contribution >= 4 is 22.1 Å². The molecule has 0 aromatic carbocycles. The average molecular weight is 308 g/mol. The molecule has 108 valence electrons. The molecule has 0 aliphatic carbocycles. The van der Waals surface area contributed by atoms with E-state index in [-0.39, 0.29) is 48.2 Å². The fourth-order valence-electron chi connectivity index (χ4n) is 0.628. The Bertz CT molecular complexity index is 360. The Balaban J connectivity index is -0.000000262. The van der Waals surface area contributed by atoms with E-state index in [0.29, 0.717) is 6.54 Å². The van der Waals surface area contributed by atoms with Crippen LogP contribution in [0.3, 0.4) is 0 Å². The Hall–Kier alpha value is -0.230. The number of hydrogen-bond acceptors (Lipinski definition) is 7. The fraction of sp³-hybridized carbons (Fsp3) is 0.750. The van der Waals surface area contributed by atoms with Crippen LogP contribution >= 0.6 is 0 Å². The molecule has 0 unspecified atom stereocenters. The molecule has 0 amide bonds. The van der Waals surface area contributed by atoms with Crippen LogP contribution in [0.1, 0.15) is 12.8 Å². The summed E-state index contributed by atoms with van der Waals surface area (Å²) >= 11 is 0. The molecule has 1 atom stereocenters. The van der Waals surface area contributed by atoms with Gasteiger partial charge >= 0.3 is 35.5 Å². The monoisotopic (exact) mass is 308 g/mol. The van der Waals surface area contributed by atoms with Gasteiger partial charge in [-0.05, 0) is 13.5 Å². The van der Waals surface area contributed by atoms with Gasteiger partial charge in [0, 0.05) is 19.0 Å². The number of hydrogen-bond donors (Lipinski definition) is 4. The third-order valence-electron chi connectivity index (χ3n) is 1.58. The van der Waals surface area contributed by atoms with Crippen molar-refractivity contribution in [1.29, 1.82) is 0 Å². The second kappa shape index (κ2) is 12.8. The summed E-state index contributed by atoms with van der Waals surface area (Å²) in [5.41, 5.74) is 4.94. The van der Waals surface area contributed by atoms with Crippen LogP contribution in [-0.4, -0.2) is 55.4 Å². The number of carboxylic acids is 2. The Morgan fingerprint density at radius 2 is 1.89 bits per heavy atom. The minimum absolute atomic E-state index is 0. The van der Waals surface area contributed by atoms with Gasteiger partial charge in [-0.1, -0.05) is 0 Å². The summed E-state index contributed by atoms with van der Waals surface area (Å²) in [6, 6.07) is -1.17. The average Bonchev–Trinajstić information content (AvgIpc) is 2.22. The first-order chi connectivity index (χ1) is 8.10. The van der Waals surface area contributed by atoms with Crippen molar-refractivity contribution in [2.75, 3.05) is 19.3 Å². The van der Waals surface area contributed by atoms with Gasteiger partial charge in [0.15, 0.2) is 0 Å². The molecule has 19 heavy (non-hydrogen) atoms. The standard InChI is InChI=1S/C5H9NO4.C3H9NO3S.Na/c6-3(5(9)10)1-2-4(7)8;1-4-2-3-8(5,6)7;/h3H,1-2,6H2,(H,7,8)(H,9,10);4H,2-3H2,1H3,(H,5,6,7);/q;;+1/p-1/t3-;;/m0../s1. The summed E-state index contributed by atoms with van der Waals surface area (Å²) in [6.07, 6.45) is -0.327. The number of carboxylic acid groups (broad SMARTS) is 2. The zero-order chi connectivity index (χ0) is 14.8. The van der Waals surface area contributed by atoms with E-state index >= 15 is 0 Å². The zero-order valence-electron chi connectivity index (χ0n) is 10.8. The number of aliphatic carboxylic acids is 2. The van der Waals surface area contributed by atoms with Gasteiger partial charge < -0.3 is 26.1 Å². The molecule has 0 rings (SSSR count). The van der Waals surface area contributed by atoms with Crippen molar-refractivity contribution in [3.63, 3.8) is 0 Å². The molecular weight excluding hydrogens is 291 g/mol. The van der Waals surface area contributed by atoms with Gasteiger partial charge in [0.2, 0.25) is 0 Å². The van der Waals surface area contributed by atoms with Crippen molar-refractivity contribution in [2.24, 2.45) is 5.73 Å². The van der Waals surface area contributed by atoms with Gasteiger partial charge in [-0.25, -0.2) is 0 Å². The molecule has 0 aliphatic heterocycles. The van der Waals surface area contributed by atoms with Crippen LogP contribution in [-0.2, 0) is 19.7 Å². The molecule has 0 spiro atoms. The summed E-state index contributed by atoms with van der Waals surface area (Å²) < 4.78 is 27.9. The smallest absolute Gasteiger partial charge is 0.548 e. The Kier molecular flexibility index (Phi) is 16.0.